The predicted molar refractivity (Wildman–Crippen MR) is 33.1 cm³/mol. The van der Waals surface area contributed by atoms with Crippen LogP contribution in [0.5, 0.6) is 0 Å². The van der Waals surface area contributed by atoms with Crippen LogP contribution in [0, 0.1) is 0 Å². The van der Waals surface area contributed by atoms with Gasteiger partial charge in [0, 0.05) is 0 Å². The molecule has 6 nitrogen and oxygen atoms in total. The molecule has 11 heavy (non-hydrogen) atoms. The van der Waals surface area contributed by atoms with Crippen molar-refractivity contribution in [3.8, 4) is 0 Å². The van der Waals surface area contributed by atoms with Crippen LogP contribution in [0.1, 0.15) is 0 Å². The second-order valence-electron chi connectivity index (χ2n) is 2.57. The molecular formula is C5H11NO5. The van der Waals surface area contributed by atoms with Crippen LogP contribution in [0.4, 0.5) is 0 Å². The lowest BCUT2D eigenvalue weighted by molar-refractivity contribution is -0.318. The molecule has 0 aromatic heterocycles. The largest absolute Gasteiger partial charge is 0.388 e. The molecule has 1 aliphatic rings. The molecule has 0 aromatic carbocycles. The Morgan fingerprint density at radius 3 is 2.36 bits per heavy atom. The van der Waals surface area contributed by atoms with Gasteiger partial charge in [0.1, 0.15) is 12.2 Å². The first-order valence-corrected chi connectivity index (χ1v) is 3.14. The Hall–Kier alpha value is -0.240. The van der Waals surface area contributed by atoms with Crippen molar-refractivity contribution >= 4 is 0 Å². The Morgan fingerprint density at radius 2 is 1.91 bits per heavy atom. The first-order valence-electron chi connectivity index (χ1n) is 3.14. The minimum atomic E-state index is -2.27. The highest BCUT2D eigenvalue weighted by molar-refractivity contribution is 4.87. The van der Waals surface area contributed by atoms with E-state index in [4.69, 9.17) is 26.2 Å². The molecule has 0 radical (unpaired) electrons. The van der Waals surface area contributed by atoms with Crippen molar-refractivity contribution in [2.45, 2.75) is 24.2 Å². The molecule has 0 spiro atoms. The van der Waals surface area contributed by atoms with E-state index in [2.05, 4.69) is 4.74 Å². The number of aliphatic hydroxyl groups is 4. The van der Waals surface area contributed by atoms with Gasteiger partial charge in [0.2, 0.25) is 0 Å². The van der Waals surface area contributed by atoms with Gasteiger partial charge in [-0.15, -0.1) is 0 Å². The summed E-state index contributed by atoms with van der Waals surface area (Å²) in [5.41, 5.74) is 4.99. The molecule has 0 aromatic rings. The molecule has 0 bridgehead atoms. The second kappa shape index (κ2) is 2.67. The highest BCUT2D eigenvalue weighted by atomic mass is 16.7. The van der Waals surface area contributed by atoms with Crippen molar-refractivity contribution in [1.82, 2.24) is 0 Å². The van der Waals surface area contributed by atoms with E-state index in [9.17, 15) is 0 Å². The Balaban J connectivity index is 2.67. The Kier molecular flexibility index (Phi) is 2.15. The predicted octanol–water partition coefficient (Wildman–Crippen LogP) is -3.30. The van der Waals surface area contributed by atoms with Crippen molar-refractivity contribution in [2.24, 2.45) is 5.73 Å². The van der Waals surface area contributed by atoms with E-state index in [1.165, 1.54) is 0 Å². The van der Waals surface area contributed by atoms with Gasteiger partial charge in [-0.05, 0) is 0 Å². The smallest absolute Gasteiger partial charge is 0.252 e. The lowest BCUT2D eigenvalue weighted by Gasteiger charge is -2.38. The Morgan fingerprint density at radius 1 is 1.36 bits per heavy atom. The second-order valence-corrected chi connectivity index (χ2v) is 2.57. The monoisotopic (exact) mass is 165 g/mol. The molecule has 0 amide bonds. The average Bonchev–Trinajstić information content (AvgIpc) is 1.95. The minimum absolute atomic E-state index is 0.300. The standard InChI is InChI=1S/C5H11NO5/c6-5(10)4(9)3(8)2(7)1-11-5/h2-4,7-10H,1,6H2/t2-,3-,4-,5+/m1/s1. The maximum atomic E-state index is 8.97. The molecule has 1 aliphatic heterocycles. The van der Waals surface area contributed by atoms with Crippen LogP contribution in [-0.2, 0) is 4.74 Å². The number of ether oxygens (including phenoxy) is 1. The molecule has 0 unspecified atom stereocenters. The van der Waals surface area contributed by atoms with Crippen LogP contribution < -0.4 is 5.73 Å². The normalized spacial score (nSPS) is 52.6. The first-order chi connectivity index (χ1) is 4.95. The van der Waals surface area contributed by atoms with E-state index in [1.54, 1.807) is 0 Å². The molecule has 0 aliphatic carbocycles. The molecule has 6 N–H and O–H groups in total. The van der Waals surface area contributed by atoms with Gasteiger partial charge in [-0.3, -0.25) is 5.73 Å². The van der Waals surface area contributed by atoms with Crippen LogP contribution in [0.2, 0.25) is 0 Å². The zero-order chi connectivity index (χ0) is 8.65. The van der Waals surface area contributed by atoms with Crippen LogP contribution in [0.25, 0.3) is 0 Å². The topological polar surface area (TPSA) is 116 Å². The van der Waals surface area contributed by atoms with Gasteiger partial charge in [-0.25, -0.2) is 0 Å². The van der Waals surface area contributed by atoms with Gasteiger partial charge < -0.3 is 25.2 Å². The number of rotatable bonds is 0. The van der Waals surface area contributed by atoms with Crippen molar-refractivity contribution in [3.05, 3.63) is 0 Å². The van der Waals surface area contributed by atoms with Crippen LogP contribution in [0.15, 0.2) is 0 Å². The van der Waals surface area contributed by atoms with Crippen molar-refractivity contribution in [1.29, 1.82) is 0 Å². The summed E-state index contributed by atoms with van der Waals surface area (Å²) < 4.78 is 4.43. The highest BCUT2D eigenvalue weighted by Crippen LogP contribution is 2.18. The molecule has 6 heteroatoms. The first kappa shape index (κ1) is 8.85. The van der Waals surface area contributed by atoms with Crippen molar-refractivity contribution in [3.63, 3.8) is 0 Å². The fraction of sp³-hybridized carbons (Fsp3) is 1.00. The quantitative estimate of drug-likeness (QED) is 0.240. The number of aliphatic hydroxyl groups excluding tert-OH is 3. The van der Waals surface area contributed by atoms with E-state index >= 15 is 0 Å². The van der Waals surface area contributed by atoms with Gasteiger partial charge in [-0.1, -0.05) is 0 Å². The van der Waals surface area contributed by atoms with E-state index in [-0.39, 0.29) is 6.61 Å². The van der Waals surface area contributed by atoms with Gasteiger partial charge in [0.05, 0.1) is 6.61 Å². The zero-order valence-electron chi connectivity index (χ0n) is 5.71. The fourth-order valence-electron chi connectivity index (χ4n) is 0.858. The molecule has 66 valence electrons. The maximum Gasteiger partial charge on any atom is 0.252 e. The molecule has 0 saturated carbocycles. The lowest BCUT2D eigenvalue weighted by atomic mass is 10.0. The zero-order valence-corrected chi connectivity index (χ0v) is 5.71. The summed E-state index contributed by atoms with van der Waals surface area (Å²) in [6.45, 7) is -0.300. The summed E-state index contributed by atoms with van der Waals surface area (Å²) in [4.78, 5) is 0. The molecule has 1 rings (SSSR count). The lowest BCUT2D eigenvalue weighted by Crippen LogP contribution is -2.65. The summed E-state index contributed by atoms with van der Waals surface area (Å²) in [5.74, 6) is -2.27. The van der Waals surface area contributed by atoms with E-state index in [1.807, 2.05) is 0 Å². The third-order valence-electron chi connectivity index (χ3n) is 1.63. The number of hydrogen-bond donors (Lipinski definition) is 5. The van der Waals surface area contributed by atoms with Crippen LogP contribution in [-0.4, -0.2) is 51.3 Å². The van der Waals surface area contributed by atoms with Crippen LogP contribution in [0.3, 0.4) is 0 Å². The van der Waals surface area contributed by atoms with Crippen LogP contribution >= 0.6 is 0 Å². The molecular weight excluding hydrogens is 154 g/mol. The van der Waals surface area contributed by atoms with Gasteiger partial charge in [-0.2, -0.15) is 0 Å². The Bertz CT molecular complexity index is 150. The third kappa shape index (κ3) is 1.51. The molecule has 4 atom stereocenters. The fourth-order valence-corrected chi connectivity index (χ4v) is 0.858. The van der Waals surface area contributed by atoms with E-state index in [0.29, 0.717) is 0 Å². The molecule has 1 fully saturated rings. The van der Waals surface area contributed by atoms with E-state index in [0.717, 1.165) is 0 Å². The summed E-state index contributed by atoms with van der Waals surface area (Å²) >= 11 is 0. The minimum Gasteiger partial charge on any atom is -0.388 e. The van der Waals surface area contributed by atoms with E-state index < -0.39 is 24.2 Å². The summed E-state index contributed by atoms with van der Waals surface area (Å²) in [7, 11) is 0. The maximum absolute atomic E-state index is 8.97. The third-order valence-corrected chi connectivity index (χ3v) is 1.63. The van der Waals surface area contributed by atoms with Gasteiger partial charge in [0.15, 0.2) is 6.10 Å². The SMILES string of the molecule is N[C@@]1(O)OC[C@@H](O)[C@@H](O)[C@H]1O. The van der Waals surface area contributed by atoms with Gasteiger partial charge >= 0.3 is 0 Å². The number of hydrogen-bond acceptors (Lipinski definition) is 6. The summed E-state index contributed by atoms with van der Waals surface area (Å²) in [6.07, 6.45) is -4.38. The average molecular weight is 165 g/mol. The number of nitrogens with two attached hydrogens (primary N) is 1. The molecule has 1 heterocycles. The summed E-state index contributed by atoms with van der Waals surface area (Å²) in [6, 6.07) is 0. The van der Waals surface area contributed by atoms with Gasteiger partial charge in [0.25, 0.3) is 5.91 Å². The highest BCUT2D eigenvalue weighted by Gasteiger charge is 2.45. The van der Waals surface area contributed by atoms with Crippen molar-refractivity contribution in [2.75, 3.05) is 6.61 Å². The van der Waals surface area contributed by atoms with Crippen molar-refractivity contribution < 1.29 is 25.2 Å². The Labute approximate surface area is 62.8 Å². The molecule has 1 saturated heterocycles. The summed E-state index contributed by atoms with van der Waals surface area (Å²) in [5, 5.41) is 35.8.